The van der Waals surface area contributed by atoms with Crippen LogP contribution in [0.25, 0.3) is 11.3 Å². The Morgan fingerprint density at radius 3 is 2.68 bits per heavy atom. The topological polar surface area (TPSA) is 120 Å². The molecule has 4 aromatic rings. The number of nitrogens with two attached hydrogens (primary N) is 1. The number of carbonyl (C=O) groups is 2. The number of aryl methyl sites for hydroxylation is 1. The van der Waals surface area contributed by atoms with Crippen molar-refractivity contribution in [2.24, 2.45) is 5.73 Å². The first-order valence-electron chi connectivity index (χ1n) is 9.90. The maximum absolute atomic E-state index is 12.6. The Hall–Kier alpha value is -3.53. The Morgan fingerprint density at radius 1 is 1.15 bits per heavy atom. The van der Waals surface area contributed by atoms with E-state index in [9.17, 15) is 9.59 Å². The third kappa shape index (κ3) is 5.51. The molecule has 0 fully saturated rings. The molecular weight excluding hydrogens is 497 g/mol. The smallest absolute Gasteiger partial charge is 0.254 e. The van der Waals surface area contributed by atoms with Crippen molar-refractivity contribution in [2.75, 3.05) is 5.32 Å². The summed E-state index contributed by atoms with van der Waals surface area (Å²) in [7, 11) is 0. The fourth-order valence-electron chi connectivity index (χ4n) is 3.08. The van der Waals surface area contributed by atoms with E-state index in [0.29, 0.717) is 15.8 Å². The molecule has 172 valence electrons. The average Bonchev–Trinajstić information content (AvgIpc) is 3.16. The Labute approximate surface area is 208 Å². The first-order valence-corrected chi connectivity index (χ1v) is 11.5. The number of ether oxygens (including phenoxy) is 1. The van der Waals surface area contributed by atoms with Crippen LogP contribution in [0.5, 0.6) is 11.6 Å². The number of thiazole rings is 1. The highest BCUT2D eigenvalue weighted by molar-refractivity contribution is 7.16. The SMILES string of the molecule is Cc1sc(NC(=O)Cc2ccc(Oc3ncccc3C(N)=O)c(Cl)c2)nc1-c1ccc(Cl)nc1. The summed E-state index contributed by atoms with van der Waals surface area (Å²) in [4.78, 5) is 37.7. The molecule has 0 aliphatic carbocycles. The van der Waals surface area contributed by atoms with E-state index in [1.165, 1.54) is 23.6 Å². The first-order chi connectivity index (χ1) is 16.3. The number of aromatic nitrogens is 3. The van der Waals surface area contributed by atoms with Gasteiger partial charge in [-0.05, 0) is 48.9 Å². The van der Waals surface area contributed by atoms with E-state index in [-0.39, 0.29) is 34.5 Å². The van der Waals surface area contributed by atoms with Gasteiger partial charge in [-0.1, -0.05) is 29.3 Å². The summed E-state index contributed by atoms with van der Waals surface area (Å²) in [6.07, 6.45) is 3.19. The van der Waals surface area contributed by atoms with E-state index in [0.717, 1.165) is 16.1 Å². The van der Waals surface area contributed by atoms with Crippen LogP contribution in [0.4, 0.5) is 5.13 Å². The van der Waals surface area contributed by atoms with Crippen molar-refractivity contribution in [3.63, 3.8) is 0 Å². The lowest BCUT2D eigenvalue weighted by molar-refractivity contribution is -0.115. The van der Waals surface area contributed by atoms with Gasteiger partial charge < -0.3 is 15.8 Å². The monoisotopic (exact) mass is 513 g/mol. The second-order valence-electron chi connectivity index (χ2n) is 7.11. The second-order valence-corrected chi connectivity index (χ2v) is 9.10. The van der Waals surface area contributed by atoms with Crippen LogP contribution in [0.1, 0.15) is 20.8 Å². The maximum Gasteiger partial charge on any atom is 0.254 e. The van der Waals surface area contributed by atoms with Gasteiger partial charge in [-0.3, -0.25) is 9.59 Å². The van der Waals surface area contributed by atoms with Gasteiger partial charge in [0.15, 0.2) is 5.13 Å². The number of pyridine rings is 2. The summed E-state index contributed by atoms with van der Waals surface area (Å²) in [6, 6.07) is 11.5. The third-order valence-corrected chi connectivity index (χ3v) is 6.05. The van der Waals surface area contributed by atoms with Crippen LogP contribution in [0.2, 0.25) is 10.2 Å². The molecule has 34 heavy (non-hydrogen) atoms. The number of amides is 2. The largest absolute Gasteiger partial charge is 0.437 e. The Balaban J connectivity index is 1.43. The van der Waals surface area contributed by atoms with Gasteiger partial charge in [0.25, 0.3) is 5.91 Å². The van der Waals surface area contributed by atoms with Gasteiger partial charge >= 0.3 is 0 Å². The minimum Gasteiger partial charge on any atom is -0.437 e. The minimum atomic E-state index is -0.666. The lowest BCUT2D eigenvalue weighted by Crippen LogP contribution is -2.14. The minimum absolute atomic E-state index is 0.0493. The van der Waals surface area contributed by atoms with E-state index >= 15 is 0 Å². The van der Waals surface area contributed by atoms with Crippen LogP contribution in [-0.2, 0) is 11.2 Å². The number of benzene rings is 1. The zero-order valence-corrected chi connectivity index (χ0v) is 20.0. The molecule has 0 saturated carbocycles. The number of rotatable bonds is 7. The van der Waals surface area contributed by atoms with Gasteiger partial charge in [0.1, 0.15) is 16.5 Å². The second kappa shape index (κ2) is 10.2. The van der Waals surface area contributed by atoms with Gasteiger partial charge in [-0.25, -0.2) is 15.0 Å². The number of carbonyl (C=O) groups excluding carboxylic acids is 2. The summed E-state index contributed by atoms with van der Waals surface area (Å²) in [5, 5.41) is 3.95. The summed E-state index contributed by atoms with van der Waals surface area (Å²) < 4.78 is 5.66. The fourth-order valence-corrected chi connectivity index (χ4v) is 4.29. The number of hydrogen-bond acceptors (Lipinski definition) is 7. The molecule has 4 rings (SSSR count). The molecule has 0 bridgehead atoms. The third-order valence-electron chi connectivity index (χ3n) is 4.65. The van der Waals surface area contributed by atoms with E-state index in [2.05, 4.69) is 20.3 Å². The first kappa shape index (κ1) is 23.6. The van der Waals surface area contributed by atoms with Gasteiger partial charge in [0.05, 0.1) is 17.1 Å². The van der Waals surface area contributed by atoms with Crippen molar-refractivity contribution in [3.05, 3.63) is 81.0 Å². The predicted molar refractivity (Wildman–Crippen MR) is 132 cm³/mol. The molecule has 3 N–H and O–H groups in total. The van der Waals surface area contributed by atoms with Gasteiger partial charge in [-0.2, -0.15) is 0 Å². The van der Waals surface area contributed by atoms with Gasteiger partial charge in [-0.15, -0.1) is 11.3 Å². The summed E-state index contributed by atoms with van der Waals surface area (Å²) >= 11 is 13.5. The molecule has 0 atom stereocenters. The summed E-state index contributed by atoms with van der Waals surface area (Å²) in [5.74, 6) is -0.586. The van der Waals surface area contributed by atoms with Crippen LogP contribution in [0.15, 0.2) is 54.9 Å². The molecule has 0 unspecified atom stereocenters. The molecule has 8 nitrogen and oxygen atoms in total. The lowest BCUT2D eigenvalue weighted by Gasteiger charge is -2.10. The molecular formula is C23H17Cl2N5O3S. The normalized spacial score (nSPS) is 10.7. The Bertz CT molecular complexity index is 1380. The number of primary amides is 1. The van der Waals surface area contributed by atoms with Crippen molar-refractivity contribution < 1.29 is 14.3 Å². The Morgan fingerprint density at radius 2 is 1.97 bits per heavy atom. The predicted octanol–water partition coefficient (Wildman–Crippen LogP) is 5.29. The van der Waals surface area contributed by atoms with E-state index in [4.69, 9.17) is 33.7 Å². The van der Waals surface area contributed by atoms with Crippen molar-refractivity contribution in [3.8, 4) is 22.9 Å². The number of nitrogens with one attached hydrogen (secondary N) is 1. The quantitative estimate of drug-likeness (QED) is 0.324. The highest BCUT2D eigenvalue weighted by Crippen LogP contribution is 2.32. The molecule has 0 aliphatic heterocycles. The molecule has 3 heterocycles. The Kier molecular flexibility index (Phi) is 7.06. The molecule has 2 amide bonds. The molecule has 1 aromatic carbocycles. The van der Waals surface area contributed by atoms with Gasteiger partial charge in [0, 0.05) is 22.8 Å². The standard InChI is InChI=1S/C23H17Cl2N5O3S/c1-12-20(14-5-7-18(25)28-11-14)30-23(34-12)29-19(31)10-13-4-6-17(16(24)9-13)33-22-15(21(26)32)3-2-8-27-22/h2-9,11H,10H2,1H3,(H2,26,32)(H,29,30,31). The van der Waals surface area contributed by atoms with Crippen LogP contribution < -0.4 is 15.8 Å². The van der Waals surface area contributed by atoms with Crippen LogP contribution >= 0.6 is 34.5 Å². The highest BCUT2D eigenvalue weighted by Gasteiger charge is 2.15. The van der Waals surface area contributed by atoms with Gasteiger partial charge in [0.2, 0.25) is 11.8 Å². The average molecular weight is 514 g/mol. The molecule has 0 spiro atoms. The van der Waals surface area contributed by atoms with E-state index in [1.807, 2.05) is 13.0 Å². The number of nitrogens with zero attached hydrogens (tertiary/aromatic N) is 3. The molecule has 11 heteroatoms. The maximum atomic E-state index is 12.6. The van der Waals surface area contributed by atoms with Crippen molar-refractivity contribution in [1.82, 2.24) is 15.0 Å². The van der Waals surface area contributed by atoms with E-state index in [1.54, 1.807) is 36.5 Å². The lowest BCUT2D eigenvalue weighted by atomic mass is 10.1. The van der Waals surface area contributed by atoms with Crippen molar-refractivity contribution in [1.29, 1.82) is 0 Å². The van der Waals surface area contributed by atoms with Crippen LogP contribution in [-0.4, -0.2) is 26.8 Å². The number of anilines is 1. The van der Waals surface area contributed by atoms with E-state index < -0.39 is 5.91 Å². The number of halogens is 2. The molecule has 0 radical (unpaired) electrons. The molecule has 0 aliphatic rings. The van der Waals surface area contributed by atoms with Crippen LogP contribution in [0.3, 0.4) is 0 Å². The van der Waals surface area contributed by atoms with Crippen molar-refractivity contribution >= 4 is 51.5 Å². The number of hydrogen-bond donors (Lipinski definition) is 2. The zero-order valence-electron chi connectivity index (χ0n) is 17.7. The van der Waals surface area contributed by atoms with Crippen molar-refractivity contribution in [2.45, 2.75) is 13.3 Å². The zero-order chi connectivity index (χ0) is 24.2. The molecule has 0 saturated heterocycles. The highest BCUT2D eigenvalue weighted by atomic mass is 35.5. The molecule has 3 aromatic heterocycles. The summed E-state index contributed by atoms with van der Waals surface area (Å²) in [6.45, 7) is 1.92. The van der Waals surface area contributed by atoms with Crippen LogP contribution in [0, 0.1) is 6.92 Å². The fraction of sp³-hybridized carbons (Fsp3) is 0.0870. The summed E-state index contributed by atoms with van der Waals surface area (Å²) in [5.41, 5.74) is 7.70.